The highest BCUT2D eigenvalue weighted by Gasteiger charge is 2.31. The Labute approximate surface area is 108 Å². The molecule has 1 heterocycles. The first-order chi connectivity index (χ1) is 8.63. The summed E-state index contributed by atoms with van der Waals surface area (Å²) in [6, 6.07) is 2.07. The number of likely N-dealkylation sites (tertiary alicyclic amines) is 1. The summed E-state index contributed by atoms with van der Waals surface area (Å²) in [5.41, 5.74) is 0. The summed E-state index contributed by atoms with van der Waals surface area (Å²) in [4.78, 5) is 25.4. The number of nitrogens with zero attached hydrogens (tertiary/aromatic N) is 2. The van der Waals surface area contributed by atoms with Crippen LogP contribution in [0.3, 0.4) is 0 Å². The lowest BCUT2D eigenvalue weighted by atomic mass is 9.95. The van der Waals surface area contributed by atoms with E-state index in [1.54, 1.807) is 11.9 Å². The Hall–Kier alpha value is -1.57. The van der Waals surface area contributed by atoms with Gasteiger partial charge in [-0.25, -0.2) is 0 Å². The Morgan fingerprint density at radius 2 is 2.28 bits per heavy atom. The van der Waals surface area contributed by atoms with E-state index in [4.69, 9.17) is 5.26 Å². The largest absolute Gasteiger partial charge is 0.359 e. The first-order valence-electron chi connectivity index (χ1n) is 6.54. The van der Waals surface area contributed by atoms with Crippen LogP contribution in [-0.4, -0.2) is 36.9 Å². The van der Waals surface area contributed by atoms with Crippen LogP contribution in [0.2, 0.25) is 0 Å². The maximum Gasteiger partial charge on any atom is 0.239 e. The molecule has 2 unspecified atom stereocenters. The van der Waals surface area contributed by atoms with E-state index in [1.807, 2.05) is 6.92 Å². The number of rotatable bonds is 4. The van der Waals surface area contributed by atoms with Crippen molar-refractivity contribution in [2.75, 3.05) is 20.1 Å². The molecule has 1 fully saturated rings. The number of nitriles is 1. The normalized spacial score (nSPS) is 20.9. The monoisotopic (exact) mass is 251 g/mol. The lowest BCUT2D eigenvalue weighted by Crippen LogP contribution is -2.46. The fraction of sp³-hybridized carbons (Fsp3) is 0.769. The summed E-state index contributed by atoms with van der Waals surface area (Å²) < 4.78 is 0. The van der Waals surface area contributed by atoms with Crippen LogP contribution in [0.5, 0.6) is 0 Å². The molecule has 1 rings (SSSR count). The van der Waals surface area contributed by atoms with Crippen LogP contribution >= 0.6 is 0 Å². The third kappa shape index (κ3) is 3.46. The molecule has 0 aromatic carbocycles. The van der Waals surface area contributed by atoms with Gasteiger partial charge in [0.2, 0.25) is 11.8 Å². The van der Waals surface area contributed by atoms with E-state index in [2.05, 4.69) is 11.4 Å². The van der Waals surface area contributed by atoms with E-state index in [9.17, 15) is 9.59 Å². The summed E-state index contributed by atoms with van der Waals surface area (Å²) >= 11 is 0. The van der Waals surface area contributed by atoms with Gasteiger partial charge >= 0.3 is 0 Å². The molecule has 0 aromatic heterocycles. The smallest absolute Gasteiger partial charge is 0.239 e. The number of amides is 2. The second-order valence-electron chi connectivity index (χ2n) is 4.71. The summed E-state index contributed by atoms with van der Waals surface area (Å²) in [5.74, 6) is -0.823. The first kappa shape index (κ1) is 14.5. The van der Waals surface area contributed by atoms with Crippen molar-refractivity contribution in [3.63, 3.8) is 0 Å². The predicted molar refractivity (Wildman–Crippen MR) is 67.4 cm³/mol. The minimum Gasteiger partial charge on any atom is -0.359 e. The van der Waals surface area contributed by atoms with Gasteiger partial charge in [0.25, 0.3) is 0 Å². The minimum absolute atomic E-state index is 0.0171. The van der Waals surface area contributed by atoms with Gasteiger partial charge in [0.15, 0.2) is 0 Å². The molecule has 0 aromatic rings. The Kier molecular flexibility index (Phi) is 5.63. The molecule has 100 valence electrons. The molecule has 0 bridgehead atoms. The molecule has 18 heavy (non-hydrogen) atoms. The van der Waals surface area contributed by atoms with Crippen molar-refractivity contribution in [1.82, 2.24) is 10.2 Å². The van der Waals surface area contributed by atoms with Crippen LogP contribution in [0.1, 0.15) is 32.6 Å². The first-order valence-corrected chi connectivity index (χ1v) is 6.54. The third-order valence-corrected chi connectivity index (χ3v) is 3.38. The van der Waals surface area contributed by atoms with E-state index in [1.165, 1.54) is 0 Å². The number of nitrogens with one attached hydrogen (secondary N) is 1. The molecule has 5 nitrogen and oxygen atoms in total. The summed E-state index contributed by atoms with van der Waals surface area (Å²) in [6.45, 7) is 3.07. The van der Waals surface area contributed by atoms with Crippen LogP contribution in [0.15, 0.2) is 0 Å². The van der Waals surface area contributed by atoms with E-state index in [-0.39, 0.29) is 17.7 Å². The zero-order chi connectivity index (χ0) is 13.5. The molecule has 2 atom stereocenters. The maximum atomic E-state index is 12.1. The fourth-order valence-corrected chi connectivity index (χ4v) is 2.35. The third-order valence-electron chi connectivity index (χ3n) is 3.38. The van der Waals surface area contributed by atoms with Crippen LogP contribution < -0.4 is 5.32 Å². The Morgan fingerprint density at radius 3 is 2.83 bits per heavy atom. The lowest BCUT2D eigenvalue weighted by Gasteiger charge is -2.32. The Bertz CT molecular complexity index is 349. The average molecular weight is 251 g/mol. The van der Waals surface area contributed by atoms with Crippen molar-refractivity contribution in [2.24, 2.45) is 11.8 Å². The molecule has 2 amide bonds. The van der Waals surface area contributed by atoms with Gasteiger partial charge < -0.3 is 10.2 Å². The zero-order valence-electron chi connectivity index (χ0n) is 11.1. The molecule has 1 aliphatic rings. The summed E-state index contributed by atoms with van der Waals surface area (Å²) in [7, 11) is 1.61. The summed E-state index contributed by atoms with van der Waals surface area (Å²) in [5, 5.41) is 11.6. The van der Waals surface area contributed by atoms with E-state index >= 15 is 0 Å². The van der Waals surface area contributed by atoms with Crippen LogP contribution in [0, 0.1) is 23.2 Å². The van der Waals surface area contributed by atoms with Gasteiger partial charge in [-0.15, -0.1) is 0 Å². The molecule has 0 aliphatic carbocycles. The van der Waals surface area contributed by atoms with Crippen molar-refractivity contribution in [3.8, 4) is 6.07 Å². The highest BCUT2D eigenvalue weighted by atomic mass is 16.2. The maximum absolute atomic E-state index is 12.1. The molecule has 1 aliphatic heterocycles. The molecular weight excluding hydrogens is 230 g/mol. The van der Waals surface area contributed by atoms with E-state index < -0.39 is 5.92 Å². The van der Waals surface area contributed by atoms with Crippen LogP contribution in [0.4, 0.5) is 0 Å². The molecule has 1 N–H and O–H groups in total. The quantitative estimate of drug-likeness (QED) is 0.807. The highest BCUT2D eigenvalue weighted by molar-refractivity contribution is 5.83. The second kappa shape index (κ2) is 7.00. The fourth-order valence-electron chi connectivity index (χ4n) is 2.35. The minimum atomic E-state index is -0.557. The van der Waals surface area contributed by atoms with Crippen molar-refractivity contribution >= 4 is 11.8 Å². The van der Waals surface area contributed by atoms with Gasteiger partial charge in [-0.3, -0.25) is 9.59 Å². The van der Waals surface area contributed by atoms with Gasteiger partial charge in [-0.05, 0) is 19.3 Å². The molecule has 5 heteroatoms. The van der Waals surface area contributed by atoms with Gasteiger partial charge in [0.05, 0.1) is 12.0 Å². The Balaban J connectivity index is 2.63. The van der Waals surface area contributed by atoms with Crippen LogP contribution in [0.25, 0.3) is 0 Å². The van der Waals surface area contributed by atoms with E-state index in [0.29, 0.717) is 19.5 Å². The van der Waals surface area contributed by atoms with Crippen molar-refractivity contribution in [2.45, 2.75) is 32.6 Å². The number of carbonyl (C=O) groups is 2. The van der Waals surface area contributed by atoms with Crippen molar-refractivity contribution < 1.29 is 9.59 Å². The molecule has 0 radical (unpaired) electrons. The van der Waals surface area contributed by atoms with Gasteiger partial charge in [-0.2, -0.15) is 5.26 Å². The van der Waals surface area contributed by atoms with Gasteiger partial charge in [0.1, 0.15) is 5.92 Å². The predicted octanol–water partition coefficient (Wildman–Crippen LogP) is 0.911. The number of hydrogen-bond acceptors (Lipinski definition) is 3. The highest BCUT2D eigenvalue weighted by Crippen LogP contribution is 2.19. The second-order valence-corrected chi connectivity index (χ2v) is 4.71. The molecule has 1 saturated heterocycles. The van der Waals surface area contributed by atoms with Crippen LogP contribution in [-0.2, 0) is 9.59 Å². The van der Waals surface area contributed by atoms with Gasteiger partial charge in [-0.1, -0.05) is 13.3 Å². The SMILES string of the molecule is CCCC(C#N)C(=O)N1CCCC(C(=O)NC)C1. The lowest BCUT2D eigenvalue weighted by molar-refractivity contribution is -0.137. The standard InChI is InChI=1S/C13H21N3O2/c1-3-5-10(8-14)13(18)16-7-4-6-11(9-16)12(17)15-2/h10-11H,3-7,9H2,1-2H3,(H,15,17). The average Bonchev–Trinajstić information content (AvgIpc) is 2.43. The van der Waals surface area contributed by atoms with Gasteiger partial charge in [0, 0.05) is 20.1 Å². The molecule has 0 spiro atoms. The number of hydrogen-bond donors (Lipinski definition) is 1. The molecule has 0 saturated carbocycles. The number of piperidine rings is 1. The summed E-state index contributed by atoms with van der Waals surface area (Å²) in [6.07, 6.45) is 3.05. The zero-order valence-corrected chi connectivity index (χ0v) is 11.1. The topological polar surface area (TPSA) is 73.2 Å². The van der Waals surface area contributed by atoms with E-state index in [0.717, 1.165) is 19.3 Å². The van der Waals surface area contributed by atoms with Crippen molar-refractivity contribution in [3.05, 3.63) is 0 Å². The van der Waals surface area contributed by atoms with Crippen molar-refractivity contribution in [1.29, 1.82) is 5.26 Å². The molecular formula is C13H21N3O2. The number of carbonyl (C=O) groups excluding carboxylic acids is 2. The Morgan fingerprint density at radius 1 is 1.56 bits per heavy atom.